The van der Waals surface area contributed by atoms with Crippen LogP contribution < -0.4 is 10.2 Å². The van der Waals surface area contributed by atoms with E-state index in [4.69, 9.17) is 0 Å². The highest BCUT2D eigenvalue weighted by Gasteiger charge is 2.34. The van der Waals surface area contributed by atoms with Gasteiger partial charge in [0.05, 0.1) is 11.1 Å². The highest BCUT2D eigenvalue weighted by molar-refractivity contribution is 6.21. The van der Waals surface area contributed by atoms with E-state index in [0.717, 1.165) is 5.69 Å². The molecular formula is C20H21N3O3. The number of carbonyl (C=O) groups excluding carboxylic acids is 3. The zero-order valence-electron chi connectivity index (χ0n) is 14.6. The van der Waals surface area contributed by atoms with E-state index in [1.165, 1.54) is 4.90 Å². The third-order valence-corrected chi connectivity index (χ3v) is 4.34. The van der Waals surface area contributed by atoms with Crippen molar-refractivity contribution in [3.05, 3.63) is 65.7 Å². The zero-order chi connectivity index (χ0) is 18.5. The van der Waals surface area contributed by atoms with E-state index >= 15 is 0 Å². The standard InChI is InChI=1S/C20H21N3O3/c1-2-22(15-9-4-3-5-10-15)20(26)21-13-8-14-23-18(24)16-11-6-7-12-17(16)19(23)25/h3-7,9-12H,2,8,13-14H2,1H3,(H,21,26). The number of urea groups is 1. The SMILES string of the molecule is CCN(C(=O)NCCCN1C(=O)c2ccccc2C1=O)c1ccccc1. The number of rotatable bonds is 6. The number of nitrogens with one attached hydrogen (secondary N) is 1. The average Bonchev–Trinajstić information content (AvgIpc) is 2.91. The van der Waals surface area contributed by atoms with Gasteiger partial charge in [-0.1, -0.05) is 30.3 Å². The lowest BCUT2D eigenvalue weighted by Gasteiger charge is -2.22. The number of hydrogen-bond donors (Lipinski definition) is 1. The molecule has 0 bridgehead atoms. The van der Waals surface area contributed by atoms with Crippen LogP contribution in [0, 0.1) is 0 Å². The Morgan fingerprint density at radius 2 is 1.54 bits per heavy atom. The predicted molar refractivity (Wildman–Crippen MR) is 99.3 cm³/mol. The summed E-state index contributed by atoms with van der Waals surface area (Å²) in [4.78, 5) is 39.8. The molecule has 134 valence electrons. The number of nitrogens with zero attached hydrogens (tertiary/aromatic N) is 2. The normalized spacial score (nSPS) is 12.9. The van der Waals surface area contributed by atoms with Gasteiger partial charge in [-0.15, -0.1) is 0 Å². The first-order valence-corrected chi connectivity index (χ1v) is 8.69. The number of amides is 4. The summed E-state index contributed by atoms with van der Waals surface area (Å²) in [5, 5.41) is 2.84. The third-order valence-electron chi connectivity index (χ3n) is 4.34. The Morgan fingerprint density at radius 3 is 2.12 bits per heavy atom. The number of fused-ring (bicyclic) bond motifs is 1. The Labute approximate surface area is 152 Å². The predicted octanol–water partition coefficient (Wildman–Crippen LogP) is 2.91. The van der Waals surface area contributed by atoms with Crippen LogP contribution in [0.1, 0.15) is 34.1 Å². The molecule has 0 unspecified atom stereocenters. The molecule has 0 aromatic heterocycles. The van der Waals surface area contributed by atoms with Crippen LogP contribution >= 0.6 is 0 Å². The van der Waals surface area contributed by atoms with Gasteiger partial charge in [-0.25, -0.2) is 4.79 Å². The number of carbonyl (C=O) groups is 3. The first kappa shape index (κ1) is 17.7. The van der Waals surface area contributed by atoms with Crippen LogP contribution in [0.15, 0.2) is 54.6 Å². The minimum absolute atomic E-state index is 0.193. The van der Waals surface area contributed by atoms with Crippen LogP contribution in [-0.2, 0) is 0 Å². The molecule has 1 N–H and O–H groups in total. The second-order valence-electron chi connectivity index (χ2n) is 5.97. The summed E-state index contributed by atoms with van der Waals surface area (Å²) in [6.45, 7) is 3.12. The number of hydrogen-bond acceptors (Lipinski definition) is 3. The Bertz CT molecular complexity index is 785. The fourth-order valence-corrected chi connectivity index (χ4v) is 3.02. The molecule has 0 aliphatic carbocycles. The van der Waals surface area contributed by atoms with Crippen molar-refractivity contribution in [2.24, 2.45) is 0 Å². The molecule has 1 heterocycles. The third kappa shape index (κ3) is 3.44. The van der Waals surface area contributed by atoms with Crippen LogP contribution in [0.5, 0.6) is 0 Å². The number of para-hydroxylation sites is 1. The zero-order valence-corrected chi connectivity index (χ0v) is 14.6. The molecule has 0 saturated carbocycles. The largest absolute Gasteiger partial charge is 0.338 e. The fourth-order valence-electron chi connectivity index (χ4n) is 3.02. The summed E-state index contributed by atoms with van der Waals surface area (Å²) in [6, 6.07) is 16.0. The van der Waals surface area contributed by atoms with Crippen LogP contribution in [0.2, 0.25) is 0 Å². The van der Waals surface area contributed by atoms with Crippen molar-refractivity contribution in [1.82, 2.24) is 10.2 Å². The molecule has 0 saturated heterocycles. The molecule has 6 nitrogen and oxygen atoms in total. The van der Waals surface area contributed by atoms with Gasteiger partial charge in [0.1, 0.15) is 0 Å². The average molecular weight is 351 g/mol. The van der Waals surface area contributed by atoms with Gasteiger partial charge in [-0.3, -0.25) is 19.4 Å². The molecule has 3 rings (SSSR count). The Kier molecular flexibility index (Phi) is 5.31. The maximum absolute atomic E-state index is 12.3. The lowest BCUT2D eigenvalue weighted by atomic mass is 10.1. The molecule has 1 aliphatic rings. The highest BCUT2D eigenvalue weighted by Crippen LogP contribution is 2.22. The van der Waals surface area contributed by atoms with E-state index in [-0.39, 0.29) is 24.4 Å². The molecule has 0 atom stereocenters. The minimum Gasteiger partial charge on any atom is -0.338 e. The van der Waals surface area contributed by atoms with Crippen LogP contribution in [0.25, 0.3) is 0 Å². The van der Waals surface area contributed by atoms with Crippen molar-refractivity contribution < 1.29 is 14.4 Å². The van der Waals surface area contributed by atoms with Crippen LogP contribution in [0.4, 0.5) is 10.5 Å². The van der Waals surface area contributed by atoms with Gasteiger partial charge in [0.25, 0.3) is 11.8 Å². The molecule has 2 aromatic rings. The van der Waals surface area contributed by atoms with Gasteiger partial charge in [-0.2, -0.15) is 0 Å². The minimum atomic E-state index is -0.267. The Hall–Kier alpha value is -3.15. The van der Waals surface area contributed by atoms with Crippen molar-refractivity contribution >= 4 is 23.5 Å². The molecule has 0 fully saturated rings. The molecule has 2 aromatic carbocycles. The molecule has 0 spiro atoms. The second kappa shape index (κ2) is 7.82. The quantitative estimate of drug-likeness (QED) is 0.643. The Balaban J connectivity index is 1.51. The number of anilines is 1. The van der Waals surface area contributed by atoms with Crippen molar-refractivity contribution in [2.75, 3.05) is 24.5 Å². The smallest absolute Gasteiger partial charge is 0.321 e. The van der Waals surface area contributed by atoms with Crippen LogP contribution in [0.3, 0.4) is 0 Å². The summed E-state index contributed by atoms with van der Waals surface area (Å²) in [6.07, 6.45) is 0.504. The van der Waals surface area contributed by atoms with E-state index in [1.807, 2.05) is 37.3 Å². The molecule has 26 heavy (non-hydrogen) atoms. The van der Waals surface area contributed by atoms with Gasteiger partial charge in [-0.05, 0) is 37.6 Å². The first-order valence-electron chi connectivity index (χ1n) is 8.69. The number of benzene rings is 2. The van der Waals surface area contributed by atoms with Crippen molar-refractivity contribution in [1.29, 1.82) is 0 Å². The maximum atomic E-state index is 12.3. The lowest BCUT2D eigenvalue weighted by Crippen LogP contribution is -2.41. The summed E-state index contributed by atoms with van der Waals surface area (Å²) in [7, 11) is 0. The van der Waals surface area contributed by atoms with E-state index in [2.05, 4.69) is 5.32 Å². The molecule has 1 aliphatic heterocycles. The van der Waals surface area contributed by atoms with Gasteiger partial charge < -0.3 is 5.32 Å². The maximum Gasteiger partial charge on any atom is 0.321 e. The summed E-state index contributed by atoms with van der Waals surface area (Å²) in [5.41, 5.74) is 1.72. The fraction of sp³-hybridized carbons (Fsp3) is 0.250. The molecule has 0 radical (unpaired) electrons. The summed E-state index contributed by atoms with van der Waals surface area (Å²) < 4.78 is 0. The van der Waals surface area contributed by atoms with Gasteiger partial charge in [0.2, 0.25) is 0 Å². The van der Waals surface area contributed by atoms with E-state index in [0.29, 0.717) is 30.6 Å². The van der Waals surface area contributed by atoms with Gasteiger partial charge in [0.15, 0.2) is 0 Å². The summed E-state index contributed by atoms with van der Waals surface area (Å²) in [5.74, 6) is -0.534. The van der Waals surface area contributed by atoms with Crippen molar-refractivity contribution in [3.63, 3.8) is 0 Å². The molecular weight excluding hydrogens is 330 g/mol. The second-order valence-corrected chi connectivity index (χ2v) is 5.97. The van der Waals surface area contributed by atoms with Crippen molar-refractivity contribution in [2.45, 2.75) is 13.3 Å². The van der Waals surface area contributed by atoms with Crippen LogP contribution in [-0.4, -0.2) is 42.4 Å². The van der Waals surface area contributed by atoms with E-state index < -0.39 is 0 Å². The van der Waals surface area contributed by atoms with E-state index in [9.17, 15) is 14.4 Å². The lowest BCUT2D eigenvalue weighted by molar-refractivity contribution is 0.0653. The van der Waals surface area contributed by atoms with Gasteiger partial charge in [0, 0.05) is 25.3 Å². The topological polar surface area (TPSA) is 69.7 Å². The van der Waals surface area contributed by atoms with Gasteiger partial charge >= 0.3 is 6.03 Å². The number of imide groups is 1. The summed E-state index contributed by atoms with van der Waals surface area (Å²) >= 11 is 0. The Morgan fingerprint density at radius 1 is 0.962 bits per heavy atom. The van der Waals surface area contributed by atoms with E-state index in [1.54, 1.807) is 29.2 Å². The van der Waals surface area contributed by atoms with Crippen molar-refractivity contribution in [3.8, 4) is 0 Å². The monoisotopic (exact) mass is 351 g/mol. The highest BCUT2D eigenvalue weighted by atomic mass is 16.2. The first-order chi connectivity index (χ1) is 12.6. The molecule has 4 amide bonds. The molecule has 6 heteroatoms.